The van der Waals surface area contributed by atoms with E-state index in [1.165, 1.54) is 109 Å². The lowest BCUT2D eigenvalue weighted by molar-refractivity contribution is -0.161. The normalized spacial score (nSPS) is 13.6. The number of carbonyl (C=O) groups is 2. The fraction of sp³-hybridized carbons (Fsp3) is 0.826. The number of allylic oxidation sites excluding steroid dienone is 6. The molecule has 0 spiro atoms. The van der Waals surface area contributed by atoms with Gasteiger partial charge in [-0.25, -0.2) is 4.57 Å². The van der Waals surface area contributed by atoms with Crippen LogP contribution in [0.15, 0.2) is 36.5 Å². The zero-order valence-electron chi connectivity index (χ0n) is 36.3. The van der Waals surface area contributed by atoms with Crippen LogP contribution in [0.3, 0.4) is 0 Å². The first kappa shape index (κ1) is 54.2. The summed E-state index contributed by atoms with van der Waals surface area (Å²) in [7, 11) is -2.65. The molecule has 0 saturated carbocycles. The molecule has 0 saturated heterocycles. The smallest absolute Gasteiger partial charge is 0.462 e. The quantitative estimate of drug-likeness (QED) is 0.0268. The van der Waals surface area contributed by atoms with Gasteiger partial charge in [-0.3, -0.25) is 18.6 Å². The largest absolute Gasteiger partial charge is 0.472 e. The Labute approximate surface area is 344 Å². The van der Waals surface area contributed by atoms with Crippen molar-refractivity contribution in [1.82, 2.24) is 5.32 Å². The van der Waals surface area contributed by atoms with Crippen molar-refractivity contribution < 1.29 is 37.6 Å². The van der Waals surface area contributed by atoms with Gasteiger partial charge in [0.2, 0.25) is 0 Å². The van der Waals surface area contributed by atoms with E-state index in [9.17, 15) is 19.0 Å². The molecule has 0 aliphatic carbocycles. The van der Waals surface area contributed by atoms with Crippen molar-refractivity contribution >= 4 is 19.8 Å². The molecule has 0 radical (unpaired) electrons. The van der Waals surface area contributed by atoms with E-state index in [2.05, 4.69) is 55.6 Å². The summed E-state index contributed by atoms with van der Waals surface area (Å²) in [5.74, 6) is -0.821. The van der Waals surface area contributed by atoms with Gasteiger partial charge in [-0.1, -0.05) is 159 Å². The highest BCUT2D eigenvalue weighted by atomic mass is 31.2. The minimum Gasteiger partial charge on any atom is -0.462 e. The van der Waals surface area contributed by atoms with Gasteiger partial charge in [-0.2, -0.15) is 0 Å². The van der Waals surface area contributed by atoms with Gasteiger partial charge in [0.05, 0.1) is 13.2 Å². The number of phosphoric acid groups is 1. The highest BCUT2D eigenvalue weighted by Gasteiger charge is 2.26. The first-order valence-corrected chi connectivity index (χ1v) is 24.4. The molecule has 0 aromatic rings. The van der Waals surface area contributed by atoms with Crippen LogP contribution in [0.25, 0.3) is 0 Å². The van der Waals surface area contributed by atoms with Crippen LogP contribution >= 0.6 is 7.82 Å². The van der Waals surface area contributed by atoms with E-state index in [0.717, 1.165) is 64.2 Å². The minimum absolute atomic E-state index is 0.0196. The van der Waals surface area contributed by atoms with E-state index < -0.39 is 26.5 Å². The molecule has 0 aromatic heterocycles. The molecule has 0 aliphatic heterocycles. The van der Waals surface area contributed by atoms with Crippen molar-refractivity contribution in [3.05, 3.63) is 36.5 Å². The van der Waals surface area contributed by atoms with Crippen molar-refractivity contribution in [1.29, 1.82) is 0 Å². The molecule has 0 bridgehead atoms. The fourth-order valence-electron chi connectivity index (χ4n) is 6.22. The lowest BCUT2D eigenvalue weighted by Gasteiger charge is -2.20. The molecule has 2 unspecified atom stereocenters. The number of carbonyl (C=O) groups excluding carboxylic acids is 2. The van der Waals surface area contributed by atoms with Crippen LogP contribution in [-0.2, 0) is 32.7 Å². The second kappa shape index (κ2) is 42.8. The summed E-state index contributed by atoms with van der Waals surface area (Å²) in [5, 5.41) is 2.82. The molecule has 0 amide bonds. The third-order valence-electron chi connectivity index (χ3n) is 9.73. The zero-order chi connectivity index (χ0) is 41.1. The topological polar surface area (TPSA) is 120 Å². The van der Waals surface area contributed by atoms with Gasteiger partial charge in [-0.15, -0.1) is 0 Å². The Hall–Kier alpha value is -1.77. The summed E-state index contributed by atoms with van der Waals surface area (Å²) in [6, 6.07) is 0. The number of hydrogen-bond donors (Lipinski definition) is 2. The van der Waals surface area contributed by atoms with Crippen LogP contribution in [0.5, 0.6) is 0 Å². The number of likely N-dealkylation sites (N-methyl/N-ethyl adjacent to an activating group) is 1. The van der Waals surface area contributed by atoms with Crippen molar-refractivity contribution in [2.45, 2.75) is 213 Å². The summed E-state index contributed by atoms with van der Waals surface area (Å²) < 4.78 is 33.2. The maximum absolute atomic E-state index is 12.6. The molecule has 0 aliphatic rings. The van der Waals surface area contributed by atoms with Gasteiger partial charge in [0, 0.05) is 19.4 Å². The first-order chi connectivity index (χ1) is 27.3. The van der Waals surface area contributed by atoms with E-state index in [1.54, 1.807) is 7.05 Å². The average Bonchev–Trinajstić information content (AvgIpc) is 3.18. The molecule has 56 heavy (non-hydrogen) atoms. The van der Waals surface area contributed by atoms with E-state index in [4.69, 9.17) is 18.5 Å². The number of nitrogens with one attached hydrogen (secondary N) is 1. The SMILES string of the molecule is CCCCC/C=C\C/C=C\CCCCCCCC(=O)OCC(COP(=O)(O)OCCNC)OC(=O)CCCCCCCCCCC/C=C\CCCCCCCC. The van der Waals surface area contributed by atoms with Crippen LogP contribution in [0, 0.1) is 0 Å². The summed E-state index contributed by atoms with van der Waals surface area (Å²) in [6.07, 6.45) is 46.1. The van der Waals surface area contributed by atoms with E-state index in [0.29, 0.717) is 13.0 Å². The van der Waals surface area contributed by atoms with Crippen LogP contribution in [-0.4, -0.2) is 56.3 Å². The van der Waals surface area contributed by atoms with Crippen LogP contribution in [0.4, 0.5) is 0 Å². The Morgan fingerprint density at radius 3 is 1.46 bits per heavy atom. The average molecular weight is 812 g/mol. The van der Waals surface area contributed by atoms with Gasteiger partial charge < -0.3 is 19.7 Å². The number of esters is 2. The van der Waals surface area contributed by atoms with Crippen LogP contribution in [0.2, 0.25) is 0 Å². The summed E-state index contributed by atoms with van der Waals surface area (Å²) in [5.41, 5.74) is 0. The lowest BCUT2D eigenvalue weighted by Crippen LogP contribution is -2.29. The van der Waals surface area contributed by atoms with Crippen molar-refractivity contribution in [3.8, 4) is 0 Å². The Balaban J connectivity index is 4.20. The molecular weight excluding hydrogens is 725 g/mol. The molecule has 2 N–H and O–H groups in total. The van der Waals surface area contributed by atoms with E-state index in [1.807, 2.05) is 0 Å². The Kier molecular flexibility index (Phi) is 41.5. The van der Waals surface area contributed by atoms with Crippen LogP contribution in [0.1, 0.15) is 206 Å². The predicted molar refractivity (Wildman–Crippen MR) is 234 cm³/mol. The van der Waals surface area contributed by atoms with Gasteiger partial charge in [0.25, 0.3) is 0 Å². The molecule has 0 rings (SSSR count). The highest BCUT2D eigenvalue weighted by Crippen LogP contribution is 2.43. The predicted octanol–water partition coefficient (Wildman–Crippen LogP) is 13.2. The van der Waals surface area contributed by atoms with Crippen molar-refractivity contribution in [3.63, 3.8) is 0 Å². The van der Waals surface area contributed by atoms with Gasteiger partial charge in [-0.05, 0) is 77.7 Å². The molecule has 0 fully saturated rings. The van der Waals surface area contributed by atoms with E-state index in [-0.39, 0.29) is 32.0 Å². The fourth-order valence-corrected chi connectivity index (χ4v) is 6.98. The monoisotopic (exact) mass is 812 g/mol. The number of hydrogen-bond acceptors (Lipinski definition) is 8. The van der Waals surface area contributed by atoms with Gasteiger partial charge in [0.1, 0.15) is 6.61 Å². The first-order valence-electron chi connectivity index (χ1n) is 22.9. The molecular formula is C46H86NO8P. The Morgan fingerprint density at radius 1 is 0.554 bits per heavy atom. The maximum atomic E-state index is 12.6. The third kappa shape index (κ3) is 41.9. The number of ether oxygens (including phenoxy) is 2. The summed E-state index contributed by atoms with van der Waals surface area (Å²) in [4.78, 5) is 35.1. The summed E-state index contributed by atoms with van der Waals surface area (Å²) >= 11 is 0. The Morgan fingerprint density at radius 2 is 0.964 bits per heavy atom. The zero-order valence-corrected chi connectivity index (χ0v) is 37.2. The van der Waals surface area contributed by atoms with Crippen molar-refractivity contribution in [2.75, 3.05) is 33.4 Å². The second-order valence-electron chi connectivity index (χ2n) is 15.2. The minimum atomic E-state index is -4.35. The molecule has 0 aromatic carbocycles. The summed E-state index contributed by atoms with van der Waals surface area (Å²) in [6.45, 7) is 4.19. The van der Waals surface area contributed by atoms with Gasteiger partial charge in [0.15, 0.2) is 6.10 Å². The molecule has 10 heteroatoms. The second-order valence-corrected chi connectivity index (χ2v) is 16.7. The van der Waals surface area contributed by atoms with Crippen LogP contribution < -0.4 is 5.32 Å². The molecule has 0 heterocycles. The van der Waals surface area contributed by atoms with E-state index >= 15 is 0 Å². The molecule has 2 atom stereocenters. The molecule has 9 nitrogen and oxygen atoms in total. The third-order valence-corrected chi connectivity index (χ3v) is 10.7. The highest BCUT2D eigenvalue weighted by molar-refractivity contribution is 7.47. The standard InChI is InChI=1S/C46H86NO8P/c1-4-6-8-10-12-14-16-18-20-21-22-23-25-27-29-31-33-35-37-39-46(49)55-44(43-54-56(50,51)53-41-40-47-3)42-52-45(48)38-36-34-32-30-28-26-24-19-17-15-13-11-9-7-5-2/h13,15,18-20,24,44,47H,4-12,14,16-17,21-23,25-43H2,1-3H3,(H,50,51)/b15-13-,20-18-,24-19-. The number of unbranched alkanes of at least 4 members (excludes halogenated alkanes) is 23. The number of phosphoric ester groups is 1. The molecule has 328 valence electrons. The maximum Gasteiger partial charge on any atom is 0.472 e. The lowest BCUT2D eigenvalue weighted by atomic mass is 10.1. The van der Waals surface area contributed by atoms with Crippen molar-refractivity contribution in [2.24, 2.45) is 0 Å². The van der Waals surface area contributed by atoms with Gasteiger partial charge >= 0.3 is 19.8 Å². The number of rotatable bonds is 43. The Bertz CT molecular complexity index is 1020.